The van der Waals surface area contributed by atoms with Crippen molar-refractivity contribution in [1.29, 1.82) is 0 Å². The highest BCUT2D eigenvalue weighted by atomic mass is 16.5. The molecule has 23 heavy (non-hydrogen) atoms. The van der Waals surface area contributed by atoms with Crippen LogP contribution < -0.4 is 10.2 Å². The van der Waals surface area contributed by atoms with E-state index < -0.39 is 0 Å². The van der Waals surface area contributed by atoms with Crippen LogP contribution in [0.5, 0.6) is 5.75 Å². The molecular formula is C20H24O3. The monoisotopic (exact) mass is 312 g/mol. The molecule has 0 aliphatic heterocycles. The second kappa shape index (κ2) is 8.49. The lowest BCUT2D eigenvalue weighted by Gasteiger charge is -2.19. The van der Waals surface area contributed by atoms with Gasteiger partial charge in [0.25, 0.3) is 0 Å². The van der Waals surface area contributed by atoms with Gasteiger partial charge in [-0.2, -0.15) is 0 Å². The van der Waals surface area contributed by atoms with Crippen molar-refractivity contribution in [3.05, 3.63) is 75.9 Å². The summed E-state index contributed by atoms with van der Waals surface area (Å²) in [5.74, 6) is 0.370. The first kappa shape index (κ1) is 17.2. The third-order valence-electron chi connectivity index (χ3n) is 3.80. The molecule has 0 aliphatic rings. The summed E-state index contributed by atoms with van der Waals surface area (Å²) in [5, 5.41) is 0. The van der Waals surface area contributed by atoms with Gasteiger partial charge >= 0.3 is 0 Å². The first-order chi connectivity index (χ1) is 11.1. The average molecular weight is 312 g/mol. The Labute approximate surface area is 137 Å². The zero-order valence-electron chi connectivity index (χ0n) is 14.0. The molecule has 2 rings (SSSR count). The summed E-state index contributed by atoms with van der Waals surface area (Å²) in [4.78, 5) is 12.3. The van der Waals surface area contributed by atoms with E-state index in [1.54, 1.807) is 6.07 Å². The molecule has 2 aromatic carbocycles. The number of ether oxygens (including phenoxy) is 2. The molecule has 0 aromatic heterocycles. The van der Waals surface area contributed by atoms with Crippen molar-refractivity contribution in [3.8, 4) is 5.75 Å². The quantitative estimate of drug-likeness (QED) is 0.755. The molecule has 0 unspecified atom stereocenters. The van der Waals surface area contributed by atoms with Crippen LogP contribution in [0.1, 0.15) is 44.4 Å². The van der Waals surface area contributed by atoms with Crippen molar-refractivity contribution in [3.63, 3.8) is 0 Å². The van der Waals surface area contributed by atoms with Crippen LogP contribution in [0.25, 0.3) is 0 Å². The van der Waals surface area contributed by atoms with E-state index in [9.17, 15) is 4.79 Å². The van der Waals surface area contributed by atoms with Crippen molar-refractivity contribution < 1.29 is 9.47 Å². The molecule has 0 saturated carbocycles. The normalized spacial score (nSPS) is 13.3. The van der Waals surface area contributed by atoms with E-state index in [0.717, 1.165) is 17.5 Å². The lowest BCUT2D eigenvalue weighted by Crippen LogP contribution is -2.14. The van der Waals surface area contributed by atoms with Crippen LogP contribution in [0.15, 0.2) is 59.4 Å². The van der Waals surface area contributed by atoms with Crippen LogP contribution >= 0.6 is 0 Å². The van der Waals surface area contributed by atoms with Crippen molar-refractivity contribution >= 4 is 0 Å². The minimum absolute atomic E-state index is 0.125. The van der Waals surface area contributed by atoms with Gasteiger partial charge in [-0.25, -0.2) is 0 Å². The molecule has 0 fully saturated rings. The van der Waals surface area contributed by atoms with Gasteiger partial charge in [0.2, 0.25) is 5.43 Å². The topological polar surface area (TPSA) is 35.5 Å². The highest BCUT2D eigenvalue weighted by Crippen LogP contribution is 2.26. The Kier molecular flexibility index (Phi) is 6.36. The summed E-state index contributed by atoms with van der Waals surface area (Å²) in [6, 6.07) is 16.8. The Morgan fingerprint density at radius 1 is 0.957 bits per heavy atom. The van der Waals surface area contributed by atoms with Crippen molar-refractivity contribution in [2.45, 2.75) is 46.0 Å². The summed E-state index contributed by atoms with van der Waals surface area (Å²) >= 11 is 0. The smallest absolute Gasteiger partial charge is 0.220 e. The zero-order chi connectivity index (χ0) is 16.7. The molecule has 0 amide bonds. The second-order valence-corrected chi connectivity index (χ2v) is 5.64. The molecule has 0 saturated heterocycles. The average Bonchev–Trinajstić information content (AvgIpc) is 2.75. The highest BCUT2D eigenvalue weighted by Gasteiger charge is 2.16. The molecule has 122 valence electrons. The molecular weight excluding hydrogens is 288 g/mol. The fourth-order valence-electron chi connectivity index (χ4n) is 2.32. The summed E-state index contributed by atoms with van der Waals surface area (Å²) in [7, 11) is 0. The SMILES string of the molecule is CC[C@@H](C)O[C@@H](C)c1ccccc(=O)c1OCc1ccccc1. The predicted molar refractivity (Wildman–Crippen MR) is 92.7 cm³/mol. The van der Waals surface area contributed by atoms with E-state index in [1.807, 2.05) is 56.3 Å². The van der Waals surface area contributed by atoms with E-state index >= 15 is 0 Å². The third-order valence-corrected chi connectivity index (χ3v) is 3.80. The highest BCUT2D eigenvalue weighted by molar-refractivity contribution is 5.34. The summed E-state index contributed by atoms with van der Waals surface area (Å²) in [6.45, 7) is 6.43. The number of hydrogen-bond donors (Lipinski definition) is 0. The van der Waals surface area contributed by atoms with Gasteiger partial charge in [-0.3, -0.25) is 4.79 Å². The van der Waals surface area contributed by atoms with E-state index in [-0.39, 0.29) is 17.6 Å². The molecule has 0 bridgehead atoms. The Balaban J connectivity index is 2.26. The maximum Gasteiger partial charge on any atom is 0.220 e. The standard InChI is InChI=1S/C20H24O3/c1-4-15(2)23-16(3)18-12-8-9-13-19(21)20(18)22-14-17-10-6-5-7-11-17/h5-13,15-16H,4,14H2,1-3H3/t15-,16+/m1/s1. The largest absolute Gasteiger partial charge is 0.484 e. The second-order valence-electron chi connectivity index (χ2n) is 5.64. The maximum absolute atomic E-state index is 12.3. The van der Waals surface area contributed by atoms with Gasteiger partial charge in [0.05, 0.1) is 12.2 Å². The molecule has 3 heteroatoms. The molecule has 0 radical (unpaired) electrons. The molecule has 0 heterocycles. The summed E-state index contributed by atoms with van der Waals surface area (Å²) in [6.07, 6.45) is 0.858. The van der Waals surface area contributed by atoms with Gasteiger partial charge < -0.3 is 9.47 Å². The van der Waals surface area contributed by atoms with Crippen LogP contribution in [-0.4, -0.2) is 6.10 Å². The Bertz CT molecular complexity index is 667. The third kappa shape index (κ3) is 4.93. The lowest BCUT2D eigenvalue weighted by atomic mass is 10.1. The van der Waals surface area contributed by atoms with Crippen LogP contribution in [0.4, 0.5) is 0 Å². The molecule has 2 aromatic rings. The molecule has 3 nitrogen and oxygen atoms in total. The number of benzene rings is 1. The van der Waals surface area contributed by atoms with Crippen LogP contribution in [0.3, 0.4) is 0 Å². The van der Waals surface area contributed by atoms with Gasteiger partial charge in [-0.1, -0.05) is 55.5 Å². The lowest BCUT2D eigenvalue weighted by molar-refractivity contribution is 0.00399. The molecule has 0 aliphatic carbocycles. The van der Waals surface area contributed by atoms with Crippen molar-refractivity contribution in [2.24, 2.45) is 0 Å². The minimum Gasteiger partial charge on any atom is -0.484 e. The molecule has 2 atom stereocenters. The Morgan fingerprint density at radius 3 is 2.30 bits per heavy atom. The minimum atomic E-state index is -0.198. The van der Waals surface area contributed by atoms with Crippen molar-refractivity contribution in [1.82, 2.24) is 0 Å². The Morgan fingerprint density at radius 2 is 1.61 bits per heavy atom. The fourth-order valence-corrected chi connectivity index (χ4v) is 2.32. The zero-order valence-corrected chi connectivity index (χ0v) is 14.0. The number of rotatable bonds is 7. The summed E-state index contributed by atoms with van der Waals surface area (Å²) in [5.41, 5.74) is 1.69. The van der Waals surface area contributed by atoms with Crippen LogP contribution in [-0.2, 0) is 11.3 Å². The maximum atomic E-state index is 12.3. The van der Waals surface area contributed by atoms with E-state index in [0.29, 0.717) is 12.4 Å². The van der Waals surface area contributed by atoms with Gasteiger partial charge in [0.1, 0.15) is 6.61 Å². The predicted octanol–water partition coefficient (Wildman–Crippen LogP) is 4.50. The fraction of sp³-hybridized carbons (Fsp3) is 0.350. The Hall–Kier alpha value is -2.13. The van der Waals surface area contributed by atoms with Crippen LogP contribution in [0.2, 0.25) is 0 Å². The summed E-state index contributed by atoms with van der Waals surface area (Å²) < 4.78 is 11.8. The van der Waals surface area contributed by atoms with E-state index in [4.69, 9.17) is 9.47 Å². The van der Waals surface area contributed by atoms with Gasteiger partial charge in [0, 0.05) is 5.56 Å². The van der Waals surface area contributed by atoms with E-state index in [2.05, 4.69) is 6.92 Å². The van der Waals surface area contributed by atoms with Gasteiger partial charge in [-0.05, 0) is 31.9 Å². The number of hydrogen-bond acceptors (Lipinski definition) is 3. The van der Waals surface area contributed by atoms with E-state index in [1.165, 1.54) is 6.07 Å². The first-order valence-corrected chi connectivity index (χ1v) is 8.07. The molecule has 0 N–H and O–H groups in total. The molecule has 0 spiro atoms. The van der Waals surface area contributed by atoms with Gasteiger partial charge in [-0.15, -0.1) is 0 Å². The van der Waals surface area contributed by atoms with Crippen LogP contribution in [0, 0.1) is 0 Å². The first-order valence-electron chi connectivity index (χ1n) is 8.07. The van der Waals surface area contributed by atoms with Gasteiger partial charge in [0.15, 0.2) is 5.75 Å². The van der Waals surface area contributed by atoms with Crippen molar-refractivity contribution in [2.75, 3.05) is 0 Å².